The lowest BCUT2D eigenvalue weighted by atomic mass is 10.2. The molecule has 0 atom stereocenters. The molecule has 1 aromatic heterocycles. The van der Waals surface area contributed by atoms with Gasteiger partial charge in [-0.05, 0) is 23.8 Å². The van der Waals surface area contributed by atoms with Gasteiger partial charge in [0.2, 0.25) is 5.88 Å². The second-order valence-electron chi connectivity index (χ2n) is 3.59. The van der Waals surface area contributed by atoms with Crippen LogP contribution >= 0.6 is 11.6 Å². The normalized spacial score (nSPS) is 10.2. The molecule has 0 fully saturated rings. The van der Waals surface area contributed by atoms with Crippen molar-refractivity contribution in [2.75, 3.05) is 0 Å². The van der Waals surface area contributed by atoms with Gasteiger partial charge in [-0.2, -0.15) is 0 Å². The summed E-state index contributed by atoms with van der Waals surface area (Å²) >= 11 is 5.89. The maximum atomic E-state index is 5.89. The summed E-state index contributed by atoms with van der Waals surface area (Å²) in [4.78, 5) is 4.25. The van der Waals surface area contributed by atoms with Crippen LogP contribution in [0.15, 0.2) is 42.5 Å². The van der Waals surface area contributed by atoms with Gasteiger partial charge < -0.3 is 10.5 Å². The number of rotatable bonds is 4. The van der Waals surface area contributed by atoms with Crippen LogP contribution in [0.2, 0.25) is 5.02 Å². The van der Waals surface area contributed by atoms with Crippen LogP contribution in [-0.2, 0) is 13.2 Å². The highest BCUT2D eigenvalue weighted by atomic mass is 35.5. The summed E-state index contributed by atoms with van der Waals surface area (Å²) in [5.74, 6) is 0.577. The van der Waals surface area contributed by atoms with E-state index in [1.54, 1.807) is 0 Å². The van der Waals surface area contributed by atoms with E-state index in [-0.39, 0.29) is 0 Å². The second-order valence-corrected chi connectivity index (χ2v) is 4.03. The molecule has 0 amide bonds. The van der Waals surface area contributed by atoms with Gasteiger partial charge in [-0.15, -0.1) is 0 Å². The standard InChI is InChI=1S/C13H13ClN2O/c14-11-4-1-3-10(7-11)9-17-13-6-2-5-12(8-15)16-13/h1-7H,8-9,15H2. The molecule has 0 unspecified atom stereocenters. The highest BCUT2D eigenvalue weighted by molar-refractivity contribution is 6.30. The molecule has 1 heterocycles. The molecular weight excluding hydrogens is 236 g/mol. The van der Waals surface area contributed by atoms with E-state index in [1.807, 2.05) is 42.5 Å². The number of pyridine rings is 1. The number of hydrogen-bond donors (Lipinski definition) is 1. The SMILES string of the molecule is NCc1cccc(OCc2cccc(Cl)c2)n1. The van der Waals surface area contributed by atoms with Crippen molar-refractivity contribution < 1.29 is 4.74 Å². The molecule has 3 nitrogen and oxygen atoms in total. The Morgan fingerprint density at radius 2 is 2.00 bits per heavy atom. The van der Waals surface area contributed by atoms with Crippen molar-refractivity contribution in [2.24, 2.45) is 5.73 Å². The first-order chi connectivity index (χ1) is 8.28. The topological polar surface area (TPSA) is 48.1 Å². The van der Waals surface area contributed by atoms with E-state index in [2.05, 4.69) is 4.98 Å². The minimum absolute atomic E-state index is 0.411. The zero-order valence-corrected chi connectivity index (χ0v) is 10.0. The summed E-state index contributed by atoms with van der Waals surface area (Å²) in [6.45, 7) is 0.857. The maximum Gasteiger partial charge on any atom is 0.213 e. The zero-order valence-electron chi connectivity index (χ0n) is 9.27. The summed E-state index contributed by atoms with van der Waals surface area (Å²) in [7, 11) is 0. The van der Waals surface area contributed by atoms with Gasteiger partial charge in [-0.25, -0.2) is 4.98 Å². The Kier molecular flexibility index (Phi) is 3.96. The summed E-state index contributed by atoms with van der Waals surface area (Å²) in [5, 5.41) is 0.703. The number of nitrogens with zero attached hydrogens (tertiary/aromatic N) is 1. The molecule has 4 heteroatoms. The molecule has 0 bridgehead atoms. The van der Waals surface area contributed by atoms with Crippen molar-refractivity contribution in [1.82, 2.24) is 4.98 Å². The lowest BCUT2D eigenvalue weighted by Crippen LogP contribution is -2.02. The Hall–Kier alpha value is -1.58. The van der Waals surface area contributed by atoms with Crippen molar-refractivity contribution >= 4 is 11.6 Å². The van der Waals surface area contributed by atoms with Crippen LogP contribution in [0, 0.1) is 0 Å². The van der Waals surface area contributed by atoms with E-state index in [9.17, 15) is 0 Å². The third kappa shape index (κ3) is 3.44. The number of halogens is 1. The summed E-state index contributed by atoms with van der Waals surface area (Å²) < 4.78 is 5.56. The highest BCUT2D eigenvalue weighted by Gasteiger charge is 1.99. The summed E-state index contributed by atoms with van der Waals surface area (Å²) in [6, 6.07) is 13.1. The van der Waals surface area contributed by atoms with Crippen LogP contribution in [0.25, 0.3) is 0 Å². The van der Waals surface area contributed by atoms with E-state index in [1.165, 1.54) is 0 Å². The first-order valence-corrected chi connectivity index (χ1v) is 5.69. The fraction of sp³-hybridized carbons (Fsp3) is 0.154. The Morgan fingerprint density at radius 3 is 2.76 bits per heavy atom. The summed E-state index contributed by atoms with van der Waals surface area (Å²) in [5.41, 5.74) is 7.34. The fourth-order valence-corrected chi connectivity index (χ4v) is 1.65. The average Bonchev–Trinajstić information content (AvgIpc) is 2.37. The predicted molar refractivity (Wildman–Crippen MR) is 67.9 cm³/mol. The zero-order chi connectivity index (χ0) is 12.1. The van der Waals surface area contributed by atoms with Gasteiger partial charge in [-0.3, -0.25) is 0 Å². The Labute approximate surface area is 105 Å². The number of hydrogen-bond acceptors (Lipinski definition) is 3. The van der Waals surface area contributed by atoms with Gasteiger partial charge in [0.1, 0.15) is 6.61 Å². The number of nitrogens with two attached hydrogens (primary N) is 1. The van der Waals surface area contributed by atoms with Gasteiger partial charge in [-0.1, -0.05) is 29.8 Å². The molecule has 0 spiro atoms. The minimum Gasteiger partial charge on any atom is -0.473 e. The van der Waals surface area contributed by atoms with Crippen LogP contribution < -0.4 is 10.5 Å². The minimum atomic E-state index is 0.411. The van der Waals surface area contributed by atoms with Gasteiger partial charge in [0.15, 0.2) is 0 Å². The van der Waals surface area contributed by atoms with E-state index >= 15 is 0 Å². The fourth-order valence-electron chi connectivity index (χ4n) is 1.44. The van der Waals surface area contributed by atoms with Gasteiger partial charge in [0.25, 0.3) is 0 Å². The Morgan fingerprint density at radius 1 is 1.18 bits per heavy atom. The second kappa shape index (κ2) is 5.66. The van der Waals surface area contributed by atoms with E-state index < -0.39 is 0 Å². The number of ether oxygens (including phenoxy) is 1. The molecule has 0 aliphatic heterocycles. The van der Waals surface area contributed by atoms with E-state index in [4.69, 9.17) is 22.1 Å². The van der Waals surface area contributed by atoms with Gasteiger partial charge in [0, 0.05) is 17.6 Å². The van der Waals surface area contributed by atoms with E-state index in [0.717, 1.165) is 11.3 Å². The Balaban J connectivity index is 2.02. The lowest BCUT2D eigenvalue weighted by Gasteiger charge is -2.06. The first kappa shape index (κ1) is 11.9. The van der Waals surface area contributed by atoms with Crippen LogP contribution in [-0.4, -0.2) is 4.98 Å². The summed E-state index contributed by atoms with van der Waals surface area (Å²) in [6.07, 6.45) is 0. The first-order valence-electron chi connectivity index (χ1n) is 5.31. The molecule has 2 N–H and O–H groups in total. The van der Waals surface area contributed by atoms with Crippen molar-refractivity contribution in [2.45, 2.75) is 13.2 Å². The van der Waals surface area contributed by atoms with Crippen molar-refractivity contribution in [1.29, 1.82) is 0 Å². The molecule has 0 saturated carbocycles. The molecular formula is C13H13ClN2O. The third-order valence-corrected chi connectivity index (χ3v) is 2.50. The largest absolute Gasteiger partial charge is 0.473 e. The number of aromatic nitrogens is 1. The molecule has 0 aliphatic rings. The molecule has 2 aromatic rings. The molecule has 0 radical (unpaired) electrons. The highest BCUT2D eigenvalue weighted by Crippen LogP contribution is 2.14. The average molecular weight is 249 g/mol. The smallest absolute Gasteiger partial charge is 0.213 e. The Bertz CT molecular complexity index is 502. The van der Waals surface area contributed by atoms with Crippen LogP contribution in [0.1, 0.15) is 11.3 Å². The molecule has 0 aliphatic carbocycles. The van der Waals surface area contributed by atoms with Crippen LogP contribution in [0.3, 0.4) is 0 Å². The molecule has 1 aromatic carbocycles. The quantitative estimate of drug-likeness (QED) is 0.905. The molecule has 17 heavy (non-hydrogen) atoms. The van der Waals surface area contributed by atoms with Crippen LogP contribution in [0.5, 0.6) is 5.88 Å². The maximum absolute atomic E-state index is 5.89. The lowest BCUT2D eigenvalue weighted by molar-refractivity contribution is 0.293. The van der Waals surface area contributed by atoms with Crippen molar-refractivity contribution in [3.8, 4) is 5.88 Å². The number of benzene rings is 1. The van der Waals surface area contributed by atoms with Crippen molar-refractivity contribution in [3.05, 3.63) is 58.7 Å². The van der Waals surface area contributed by atoms with Crippen LogP contribution in [0.4, 0.5) is 0 Å². The molecule has 2 rings (SSSR count). The molecule has 88 valence electrons. The van der Waals surface area contributed by atoms with Gasteiger partial charge >= 0.3 is 0 Å². The van der Waals surface area contributed by atoms with E-state index in [0.29, 0.717) is 24.1 Å². The molecule has 0 saturated heterocycles. The predicted octanol–water partition coefficient (Wildman–Crippen LogP) is 2.77. The van der Waals surface area contributed by atoms with Gasteiger partial charge in [0.05, 0.1) is 5.69 Å². The third-order valence-electron chi connectivity index (χ3n) is 2.27. The van der Waals surface area contributed by atoms with Crippen molar-refractivity contribution in [3.63, 3.8) is 0 Å². The monoisotopic (exact) mass is 248 g/mol.